The molecule has 2 aromatic carbocycles. The first-order chi connectivity index (χ1) is 13.1. The maximum absolute atomic E-state index is 12.5. The predicted molar refractivity (Wildman–Crippen MR) is 102 cm³/mol. The second kappa shape index (κ2) is 7.28. The molecule has 0 atom stereocenters. The van der Waals surface area contributed by atoms with Crippen molar-refractivity contribution in [2.75, 3.05) is 18.5 Å². The van der Waals surface area contributed by atoms with Gasteiger partial charge in [-0.2, -0.15) is 0 Å². The van der Waals surface area contributed by atoms with Crippen molar-refractivity contribution < 1.29 is 14.3 Å². The molecule has 1 aromatic heterocycles. The van der Waals surface area contributed by atoms with Crippen LogP contribution < -0.4 is 20.3 Å². The molecular weight excluding hydrogens is 370 g/mol. The number of carbonyl (C=O) groups excluding carboxylic acids is 1. The van der Waals surface area contributed by atoms with E-state index in [0.717, 1.165) is 6.42 Å². The van der Waals surface area contributed by atoms with E-state index in [9.17, 15) is 9.59 Å². The molecule has 0 saturated carbocycles. The number of ether oxygens (including phenoxy) is 2. The van der Waals surface area contributed by atoms with E-state index in [4.69, 9.17) is 21.1 Å². The molecule has 4 rings (SSSR count). The molecule has 1 amide bonds. The lowest BCUT2D eigenvalue weighted by Crippen LogP contribution is -2.27. The van der Waals surface area contributed by atoms with E-state index in [1.54, 1.807) is 36.4 Å². The highest BCUT2D eigenvalue weighted by Crippen LogP contribution is 2.32. The number of hydrogen-bond acceptors (Lipinski definition) is 5. The Balaban J connectivity index is 1.53. The van der Waals surface area contributed by atoms with Crippen LogP contribution >= 0.6 is 11.6 Å². The average molecular weight is 386 g/mol. The van der Waals surface area contributed by atoms with Crippen molar-refractivity contribution in [3.8, 4) is 11.5 Å². The van der Waals surface area contributed by atoms with Crippen LogP contribution in [0.15, 0.2) is 47.5 Å². The van der Waals surface area contributed by atoms with E-state index in [2.05, 4.69) is 10.3 Å². The van der Waals surface area contributed by atoms with Crippen molar-refractivity contribution in [1.82, 2.24) is 9.55 Å². The molecule has 2 heterocycles. The smallest absolute Gasteiger partial charge is 0.261 e. The molecule has 0 bridgehead atoms. The SMILES string of the molecule is O=C(Cn1cnc2ccc(Cl)cc2c1=O)Nc1ccc2c(c1)OCCCO2. The number of amides is 1. The van der Waals surface area contributed by atoms with Crippen LogP contribution in [0, 0.1) is 0 Å². The van der Waals surface area contributed by atoms with Gasteiger partial charge in [-0.25, -0.2) is 4.98 Å². The molecule has 0 radical (unpaired) electrons. The van der Waals surface area contributed by atoms with Crippen LogP contribution in [0.1, 0.15) is 6.42 Å². The summed E-state index contributed by atoms with van der Waals surface area (Å²) in [6.07, 6.45) is 2.16. The molecule has 0 aliphatic carbocycles. The standard InChI is InChI=1S/C19H16ClN3O4/c20-12-2-4-15-14(8-12)19(25)23(11-21-15)10-18(24)22-13-3-5-16-17(9-13)27-7-1-6-26-16/h2-5,8-9,11H,1,6-7,10H2,(H,22,24). The monoisotopic (exact) mass is 385 g/mol. The van der Waals surface area contributed by atoms with Gasteiger partial charge in [0.1, 0.15) is 6.54 Å². The zero-order valence-corrected chi connectivity index (χ0v) is 15.0. The minimum absolute atomic E-state index is 0.164. The highest BCUT2D eigenvalue weighted by molar-refractivity contribution is 6.31. The second-order valence-electron chi connectivity index (χ2n) is 6.10. The van der Waals surface area contributed by atoms with Crippen molar-refractivity contribution in [2.45, 2.75) is 13.0 Å². The third-order valence-electron chi connectivity index (χ3n) is 4.13. The highest BCUT2D eigenvalue weighted by Gasteiger charge is 2.13. The van der Waals surface area contributed by atoms with Gasteiger partial charge in [-0.1, -0.05) is 11.6 Å². The van der Waals surface area contributed by atoms with Gasteiger partial charge in [-0.15, -0.1) is 0 Å². The first-order valence-corrected chi connectivity index (χ1v) is 8.82. The van der Waals surface area contributed by atoms with Gasteiger partial charge in [-0.3, -0.25) is 14.2 Å². The van der Waals surface area contributed by atoms with Gasteiger partial charge in [0.2, 0.25) is 5.91 Å². The first kappa shape index (κ1) is 17.4. The minimum atomic E-state index is -0.352. The van der Waals surface area contributed by atoms with Crippen LogP contribution in [-0.4, -0.2) is 28.7 Å². The fourth-order valence-electron chi connectivity index (χ4n) is 2.84. The van der Waals surface area contributed by atoms with Gasteiger partial charge in [0.05, 0.1) is 30.4 Å². The number of fused-ring (bicyclic) bond motifs is 2. The summed E-state index contributed by atoms with van der Waals surface area (Å²) in [6, 6.07) is 10.1. The normalized spacial score (nSPS) is 13.2. The molecule has 0 unspecified atom stereocenters. The molecule has 0 fully saturated rings. The lowest BCUT2D eigenvalue weighted by molar-refractivity contribution is -0.116. The Morgan fingerprint density at radius 3 is 2.81 bits per heavy atom. The van der Waals surface area contributed by atoms with Crippen molar-refractivity contribution in [3.63, 3.8) is 0 Å². The Morgan fingerprint density at radius 2 is 1.96 bits per heavy atom. The number of rotatable bonds is 3. The fourth-order valence-corrected chi connectivity index (χ4v) is 3.01. The zero-order valence-electron chi connectivity index (χ0n) is 14.3. The largest absolute Gasteiger partial charge is 0.490 e. The summed E-state index contributed by atoms with van der Waals surface area (Å²) >= 11 is 5.95. The molecule has 1 aliphatic rings. The van der Waals surface area contributed by atoms with E-state index >= 15 is 0 Å². The molecular formula is C19H16ClN3O4. The van der Waals surface area contributed by atoms with Gasteiger partial charge < -0.3 is 14.8 Å². The van der Waals surface area contributed by atoms with Crippen molar-refractivity contribution in [2.24, 2.45) is 0 Å². The summed E-state index contributed by atoms with van der Waals surface area (Å²) in [4.78, 5) is 29.1. The number of nitrogens with one attached hydrogen (secondary N) is 1. The molecule has 7 nitrogen and oxygen atoms in total. The Morgan fingerprint density at radius 1 is 1.15 bits per heavy atom. The molecule has 1 aliphatic heterocycles. The van der Waals surface area contributed by atoms with Crippen LogP contribution in [0.3, 0.4) is 0 Å². The van der Waals surface area contributed by atoms with Gasteiger partial charge in [0, 0.05) is 23.2 Å². The maximum atomic E-state index is 12.5. The number of anilines is 1. The third kappa shape index (κ3) is 3.73. The van der Waals surface area contributed by atoms with E-state index in [-0.39, 0.29) is 18.0 Å². The highest BCUT2D eigenvalue weighted by atomic mass is 35.5. The molecule has 27 heavy (non-hydrogen) atoms. The Kier molecular flexibility index (Phi) is 4.68. The Bertz CT molecular complexity index is 1080. The molecule has 1 N–H and O–H groups in total. The summed E-state index contributed by atoms with van der Waals surface area (Å²) in [5.74, 6) is 0.886. The number of hydrogen-bond donors (Lipinski definition) is 1. The van der Waals surface area contributed by atoms with Crippen molar-refractivity contribution in [1.29, 1.82) is 0 Å². The summed E-state index contributed by atoms with van der Waals surface area (Å²) in [7, 11) is 0. The van der Waals surface area contributed by atoms with Crippen LogP contribution in [0.25, 0.3) is 10.9 Å². The van der Waals surface area contributed by atoms with Gasteiger partial charge in [0.25, 0.3) is 5.56 Å². The van der Waals surface area contributed by atoms with Crippen LogP contribution in [0.2, 0.25) is 5.02 Å². The molecule has 0 saturated heterocycles. The summed E-state index contributed by atoms with van der Waals surface area (Å²) in [5, 5.41) is 3.57. The average Bonchev–Trinajstić information content (AvgIpc) is 2.89. The Hall–Kier alpha value is -3.06. The number of aromatic nitrogens is 2. The number of carbonyl (C=O) groups is 1. The quantitative estimate of drug-likeness (QED) is 0.749. The zero-order chi connectivity index (χ0) is 18.8. The predicted octanol–water partition coefficient (Wildman–Crippen LogP) is 2.85. The van der Waals surface area contributed by atoms with Gasteiger partial charge in [-0.05, 0) is 30.3 Å². The van der Waals surface area contributed by atoms with E-state index < -0.39 is 0 Å². The van der Waals surface area contributed by atoms with Crippen LogP contribution in [0.5, 0.6) is 11.5 Å². The summed E-state index contributed by atoms with van der Waals surface area (Å²) in [6.45, 7) is 0.994. The fraction of sp³-hybridized carbons (Fsp3) is 0.211. The van der Waals surface area contributed by atoms with Crippen molar-refractivity contribution >= 4 is 34.1 Å². The van der Waals surface area contributed by atoms with E-state index in [1.807, 2.05) is 0 Å². The Labute approximate surface area is 159 Å². The minimum Gasteiger partial charge on any atom is -0.490 e. The van der Waals surface area contributed by atoms with Gasteiger partial charge in [0.15, 0.2) is 11.5 Å². The molecule has 0 spiro atoms. The van der Waals surface area contributed by atoms with Crippen LogP contribution in [0.4, 0.5) is 5.69 Å². The lowest BCUT2D eigenvalue weighted by Gasteiger charge is -2.11. The second-order valence-corrected chi connectivity index (χ2v) is 6.54. The number of benzene rings is 2. The third-order valence-corrected chi connectivity index (χ3v) is 4.37. The summed E-state index contributed by atoms with van der Waals surface area (Å²) < 4.78 is 12.4. The van der Waals surface area contributed by atoms with Crippen molar-refractivity contribution in [3.05, 3.63) is 58.1 Å². The van der Waals surface area contributed by atoms with E-state index in [1.165, 1.54) is 10.9 Å². The summed E-state index contributed by atoms with van der Waals surface area (Å²) in [5.41, 5.74) is 0.773. The maximum Gasteiger partial charge on any atom is 0.261 e. The topological polar surface area (TPSA) is 82.5 Å². The first-order valence-electron chi connectivity index (χ1n) is 8.44. The van der Waals surface area contributed by atoms with Crippen LogP contribution in [-0.2, 0) is 11.3 Å². The lowest BCUT2D eigenvalue weighted by atomic mass is 10.2. The van der Waals surface area contributed by atoms with E-state index in [0.29, 0.717) is 46.3 Å². The number of halogens is 1. The van der Waals surface area contributed by atoms with Gasteiger partial charge >= 0.3 is 0 Å². The molecule has 8 heteroatoms. The number of nitrogens with zero attached hydrogens (tertiary/aromatic N) is 2. The molecule has 3 aromatic rings. The molecule has 138 valence electrons.